The summed E-state index contributed by atoms with van der Waals surface area (Å²) in [6.07, 6.45) is -1.20. The monoisotopic (exact) mass is 445 g/mol. The fourth-order valence-electron chi connectivity index (χ4n) is 3.09. The number of hydrogen-bond donors (Lipinski definition) is 1. The van der Waals surface area contributed by atoms with Gasteiger partial charge in [-0.2, -0.15) is 5.26 Å². The Morgan fingerprint density at radius 2 is 1.88 bits per heavy atom. The van der Waals surface area contributed by atoms with Gasteiger partial charge in [0.25, 0.3) is 5.91 Å². The summed E-state index contributed by atoms with van der Waals surface area (Å²) in [5, 5.41) is 12.2. The van der Waals surface area contributed by atoms with E-state index in [4.69, 9.17) is 14.2 Å². The topological polar surface area (TPSA) is 101 Å². The van der Waals surface area contributed by atoms with Gasteiger partial charge in [-0.05, 0) is 23.3 Å². The van der Waals surface area contributed by atoms with Crippen LogP contribution in [0.4, 0.5) is 4.79 Å². The third-order valence-corrected chi connectivity index (χ3v) is 5.95. The van der Waals surface area contributed by atoms with Crippen molar-refractivity contribution >= 4 is 12.0 Å². The highest BCUT2D eigenvalue weighted by atomic mass is 16.6. The summed E-state index contributed by atoms with van der Waals surface area (Å²) < 4.78 is 16.5. The van der Waals surface area contributed by atoms with Crippen molar-refractivity contribution in [1.82, 2.24) is 10.2 Å². The fourth-order valence-corrected chi connectivity index (χ4v) is 3.09. The molecule has 1 saturated heterocycles. The van der Waals surface area contributed by atoms with Gasteiger partial charge < -0.3 is 24.4 Å². The van der Waals surface area contributed by atoms with Crippen molar-refractivity contribution in [2.75, 3.05) is 32.9 Å². The number of carbonyl (C=O) groups excluding carboxylic acids is 2. The molecule has 32 heavy (non-hydrogen) atoms. The van der Waals surface area contributed by atoms with Gasteiger partial charge in [-0.1, -0.05) is 58.0 Å². The van der Waals surface area contributed by atoms with Crippen LogP contribution >= 0.6 is 0 Å². The summed E-state index contributed by atoms with van der Waals surface area (Å²) in [6, 6.07) is 10.8. The van der Waals surface area contributed by atoms with Crippen LogP contribution in [0.5, 0.6) is 0 Å². The van der Waals surface area contributed by atoms with Crippen LogP contribution in [0.1, 0.15) is 39.7 Å². The first-order valence-electron chi connectivity index (χ1n) is 11.1. The first-order chi connectivity index (χ1) is 15.2. The minimum Gasteiger partial charge on any atom is -0.436 e. The van der Waals surface area contributed by atoms with Gasteiger partial charge in [-0.15, -0.1) is 0 Å². The molecule has 0 unspecified atom stereocenters. The minimum atomic E-state index is -1.01. The fraction of sp³-hybridized carbons (Fsp3) is 0.625. The zero-order valence-electron chi connectivity index (χ0n) is 19.5. The lowest BCUT2D eigenvalue weighted by molar-refractivity contribution is -0.133. The molecule has 0 aromatic heterocycles. The SMILES string of the molecule is CC(C)C(C)(C)C[C@H](OC(=O)N1CCOCC1)C(=O)N[C@H](C#N)COCc1ccccc1. The Labute approximate surface area is 190 Å². The Morgan fingerprint density at radius 3 is 2.47 bits per heavy atom. The first kappa shape index (κ1) is 25.6. The molecule has 176 valence electrons. The summed E-state index contributed by atoms with van der Waals surface area (Å²) in [4.78, 5) is 27.2. The highest BCUT2D eigenvalue weighted by Crippen LogP contribution is 2.32. The van der Waals surface area contributed by atoms with Crippen molar-refractivity contribution in [2.24, 2.45) is 11.3 Å². The van der Waals surface area contributed by atoms with E-state index in [-0.39, 0.29) is 17.9 Å². The number of nitrogens with one attached hydrogen (secondary N) is 1. The van der Waals surface area contributed by atoms with Crippen molar-refractivity contribution in [3.8, 4) is 6.07 Å². The molecule has 8 heteroatoms. The Kier molecular flexibility index (Phi) is 9.95. The summed E-state index contributed by atoms with van der Waals surface area (Å²) in [6.45, 7) is 10.3. The minimum absolute atomic E-state index is 0.0365. The predicted molar refractivity (Wildman–Crippen MR) is 120 cm³/mol. The smallest absolute Gasteiger partial charge is 0.410 e. The standard InChI is InChI=1S/C24H35N3O5/c1-18(2)24(3,4)14-21(32-23(29)27-10-12-30-13-11-27)22(28)26-20(15-25)17-31-16-19-8-6-5-7-9-19/h5-9,18,20-21H,10-14,16-17H2,1-4H3,(H,26,28)/t20-,21+/m1/s1. The summed E-state index contributed by atoms with van der Waals surface area (Å²) in [7, 11) is 0. The van der Waals surface area contributed by atoms with Gasteiger partial charge in [0, 0.05) is 13.1 Å². The molecule has 0 saturated carbocycles. The Morgan fingerprint density at radius 1 is 1.22 bits per heavy atom. The first-order valence-corrected chi connectivity index (χ1v) is 11.1. The molecule has 1 heterocycles. The number of nitrogens with zero attached hydrogens (tertiary/aromatic N) is 2. The molecule has 2 atom stereocenters. The van der Waals surface area contributed by atoms with E-state index in [1.165, 1.54) is 4.90 Å². The van der Waals surface area contributed by atoms with Gasteiger partial charge in [0.05, 0.1) is 32.5 Å². The molecule has 2 amide bonds. The number of benzene rings is 1. The highest BCUT2D eigenvalue weighted by Gasteiger charge is 2.35. The number of nitriles is 1. The maximum Gasteiger partial charge on any atom is 0.410 e. The number of rotatable bonds is 10. The number of hydrogen-bond acceptors (Lipinski definition) is 6. The summed E-state index contributed by atoms with van der Waals surface area (Å²) in [5.41, 5.74) is 0.728. The molecule has 1 aromatic carbocycles. The number of morpholine rings is 1. The van der Waals surface area contributed by atoms with E-state index >= 15 is 0 Å². The second-order valence-corrected chi connectivity index (χ2v) is 9.01. The van der Waals surface area contributed by atoms with Gasteiger partial charge in [0.15, 0.2) is 6.10 Å². The zero-order chi connectivity index (χ0) is 23.6. The lowest BCUT2D eigenvalue weighted by Crippen LogP contribution is -2.49. The second-order valence-electron chi connectivity index (χ2n) is 9.01. The van der Waals surface area contributed by atoms with E-state index in [2.05, 4.69) is 25.2 Å². The van der Waals surface area contributed by atoms with E-state index in [1.807, 2.05) is 44.2 Å². The maximum absolute atomic E-state index is 13.0. The van der Waals surface area contributed by atoms with Crippen molar-refractivity contribution in [1.29, 1.82) is 5.26 Å². The van der Waals surface area contributed by atoms with Crippen molar-refractivity contribution in [2.45, 2.75) is 52.9 Å². The van der Waals surface area contributed by atoms with E-state index in [1.54, 1.807) is 0 Å². The maximum atomic E-state index is 13.0. The van der Waals surface area contributed by atoms with E-state index in [0.29, 0.717) is 39.3 Å². The predicted octanol–water partition coefficient (Wildman–Crippen LogP) is 3.12. The molecule has 0 radical (unpaired) electrons. The third kappa shape index (κ3) is 8.13. The summed E-state index contributed by atoms with van der Waals surface area (Å²) in [5.74, 6) is -0.226. The van der Waals surface area contributed by atoms with E-state index < -0.39 is 24.1 Å². The van der Waals surface area contributed by atoms with E-state index in [9.17, 15) is 14.9 Å². The highest BCUT2D eigenvalue weighted by molar-refractivity contribution is 5.84. The van der Waals surface area contributed by atoms with Crippen LogP contribution in [0.3, 0.4) is 0 Å². The van der Waals surface area contributed by atoms with Gasteiger partial charge in [-0.25, -0.2) is 4.79 Å². The van der Waals surface area contributed by atoms with Crippen molar-refractivity contribution in [3.05, 3.63) is 35.9 Å². The van der Waals surface area contributed by atoms with Gasteiger partial charge >= 0.3 is 6.09 Å². The number of ether oxygens (including phenoxy) is 3. The average molecular weight is 446 g/mol. The third-order valence-electron chi connectivity index (χ3n) is 5.95. The molecular formula is C24H35N3O5. The van der Waals surface area contributed by atoms with Crippen LogP contribution in [0, 0.1) is 22.7 Å². The molecule has 8 nitrogen and oxygen atoms in total. The Balaban J connectivity index is 1.99. The largest absolute Gasteiger partial charge is 0.436 e. The lowest BCUT2D eigenvalue weighted by atomic mass is 9.76. The van der Waals surface area contributed by atoms with Crippen LogP contribution in [0.15, 0.2) is 30.3 Å². The second kappa shape index (κ2) is 12.4. The van der Waals surface area contributed by atoms with Crippen molar-refractivity contribution in [3.63, 3.8) is 0 Å². The van der Waals surface area contributed by atoms with Gasteiger partial charge in [0.1, 0.15) is 6.04 Å². The molecule has 1 N–H and O–H groups in total. The Bertz CT molecular complexity index is 770. The molecule has 1 aromatic rings. The molecule has 0 spiro atoms. The van der Waals surface area contributed by atoms with Gasteiger partial charge in [0.2, 0.25) is 0 Å². The zero-order valence-corrected chi connectivity index (χ0v) is 19.5. The molecule has 1 fully saturated rings. The van der Waals surface area contributed by atoms with E-state index in [0.717, 1.165) is 5.56 Å². The molecule has 2 rings (SSSR count). The summed E-state index contributed by atoms with van der Waals surface area (Å²) >= 11 is 0. The normalized spacial score (nSPS) is 16.2. The molecular weight excluding hydrogens is 410 g/mol. The van der Waals surface area contributed by atoms with Crippen LogP contribution in [0.2, 0.25) is 0 Å². The molecule has 1 aliphatic rings. The van der Waals surface area contributed by atoms with Crippen LogP contribution in [-0.4, -0.2) is 62.0 Å². The quantitative estimate of drug-likeness (QED) is 0.594. The Hall–Kier alpha value is -2.63. The van der Waals surface area contributed by atoms with Gasteiger partial charge in [-0.3, -0.25) is 4.79 Å². The molecule has 0 bridgehead atoms. The van der Waals surface area contributed by atoms with Crippen LogP contribution in [0.25, 0.3) is 0 Å². The lowest BCUT2D eigenvalue weighted by Gasteiger charge is -2.34. The average Bonchev–Trinajstić information content (AvgIpc) is 2.78. The van der Waals surface area contributed by atoms with Crippen LogP contribution < -0.4 is 5.32 Å². The van der Waals surface area contributed by atoms with Crippen LogP contribution in [-0.2, 0) is 25.6 Å². The molecule has 1 aliphatic heterocycles. The number of amides is 2. The molecule has 0 aliphatic carbocycles. The number of carbonyl (C=O) groups is 2. The van der Waals surface area contributed by atoms with Crippen molar-refractivity contribution < 1.29 is 23.8 Å².